The number of halogens is 3. The van der Waals surface area contributed by atoms with Crippen molar-refractivity contribution in [1.82, 2.24) is 24.8 Å². The van der Waals surface area contributed by atoms with E-state index in [1.165, 1.54) is 31.5 Å². The number of hydrogen-bond donors (Lipinski definition) is 2. The van der Waals surface area contributed by atoms with Crippen molar-refractivity contribution in [3.8, 4) is 11.5 Å². The summed E-state index contributed by atoms with van der Waals surface area (Å²) in [6.07, 6.45) is 1.76. The van der Waals surface area contributed by atoms with E-state index in [0.717, 1.165) is 43.7 Å². The summed E-state index contributed by atoms with van der Waals surface area (Å²) < 4.78 is 47.0. The van der Waals surface area contributed by atoms with Gasteiger partial charge in [0.2, 0.25) is 5.95 Å². The Bertz CT molecular complexity index is 1480. The molecule has 11 heteroatoms. The molecule has 2 aromatic carbocycles. The van der Waals surface area contributed by atoms with E-state index >= 15 is 0 Å². The van der Waals surface area contributed by atoms with E-state index in [-0.39, 0.29) is 17.3 Å². The molecule has 0 saturated carbocycles. The monoisotopic (exact) mass is 552 g/mol. The number of hydrogen-bond acceptors (Lipinski definition) is 6. The zero-order valence-electron chi connectivity index (χ0n) is 22.2. The fraction of sp³-hybridized carbons (Fsp3) is 0.345. The van der Waals surface area contributed by atoms with E-state index in [9.17, 15) is 18.0 Å². The van der Waals surface area contributed by atoms with Gasteiger partial charge in [-0.15, -0.1) is 0 Å². The molecular weight excluding hydrogens is 521 g/mol. The van der Waals surface area contributed by atoms with Crippen molar-refractivity contribution in [3.63, 3.8) is 0 Å². The van der Waals surface area contributed by atoms with E-state index < -0.39 is 11.7 Å². The molecule has 0 spiro atoms. The number of anilines is 2. The lowest BCUT2D eigenvalue weighted by Crippen LogP contribution is -2.33. The Morgan fingerprint density at radius 2 is 1.82 bits per heavy atom. The largest absolute Gasteiger partial charge is 0.457 e. The second-order valence-electron chi connectivity index (χ2n) is 9.84. The molecule has 0 radical (unpaired) electrons. The summed E-state index contributed by atoms with van der Waals surface area (Å²) in [7, 11) is 1.77. The first-order valence-corrected chi connectivity index (χ1v) is 13.3. The number of aromatic nitrogens is 3. The number of amides is 1. The third kappa shape index (κ3) is 6.71. The molecule has 0 unspecified atom stereocenters. The fourth-order valence-electron chi connectivity index (χ4n) is 4.77. The number of imidazole rings is 1. The maximum absolute atomic E-state index is 13.1. The number of alkyl halides is 3. The lowest BCUT2D eigenvalue weighted by Gasteiger charge is -2.26. The maximum Gasteiger partial charge on any atom is 0.416 e. The van der Waals surface area contributed by atoms with Gasteiger partial charge in [0.15, 0.2) is 0 Å². The lowest BCUT2D eigenvalue weighted by atomic mass is 10.1. The standard InChI is InChI=1S/C29H31F3N6O2/c1-37-26-10-9-22(18-24(26)36-28(37)35-21-8-5-7-20(17-21)29(30,31)32)40-23-11-13-33-25(19-23)27(39)34-12-6-16-38-14-3-2-4-15-38/h5,7-11,13,17-19H,2-4,6,12,14-16H2,1H3,(H,34,39)(H,35,36). The highest BCUT2D eigenvalue weighted by molar-refractivity contribution is 5.92. The van der Waals surface area contributed by atoms with Crippen molar-refractivity contribution in [2.75, 3.05) is 31.5 Å². The number of nitrogens with zero attached hydrogens (tertiary/aromatic N) is 4. The number of aryl methyl sites for hydroxylation is 1. The minimum Gasteiger partial charge on any atom is -0.457 e. The molecule has 5 rings (SSSR count). The highest BCUT2D eigenvalue weighted by Crippen LogP contribution is 2.32. The van der Waals surface area contributed by atoms with Crippen LogP contribution in [0.2, 0.25) is 0 Å². The van der Waals surface area contributed by atoms with Crippen molar-refractivity contribution in [2.24, 2.45) is 7.05 Å². The van der Waals surface area contributed by atoms with Gasteiger partial charge in [-0.05, 0) is 75.3 Å². The van der Waals surface area contributed by atoms with Gasteiger partial charge in [-0.1, -0.05) is 12.5 Å². The predicted octanol–water partition coefficient (Wildman–Crippen LogP) is 6.13. The molecule has 2 N–H and O–H groups in total. The average molecular weight is 553 g/mol. The summed E-state index contributed by atoms with van der Waals surface area (Å²) >= 11 is 0. The molecule has 40 heavy (non-hydrogen) atoms. The molecular formula is C29H31F3N6O2. The molecule has 2 aromatic heterocycles. The topological polar surface area (TPSA) is 84.3 Å². The first-order valence-electron chi connectivity index (χ1n) is 13.3. The normalized spacial score (nSPS) is 14.3. The minimum atomic E-state index is -4.43. The third-order valence-electron chi connectivity index (χ3n) is 6.88. The van der Waals surface area contributed by atoms with Crippen LogP contribution in [-0.2, 0) is 13.2 Å². The second-order valence-corrected chi connectivity index (χ2v) is 9.84. The quantitative estimate of drug-likeness (QED) is 0.243. The molecule has 0 aliphatic carbocycles. The van der Waals surface area contributed by atoms with Crippen molar-refractivity contribution >= 4 is 28.6 Å². The van der Waals surface area contributed by atoms with E-state index in [4.69, 9.17) is 4.74 Å². The van der Waals surface area contributed by atoms with Gasteiger partial charge in [-0.2, -0.15) is 13.2 Å². The van der Waals surface area contributed by atoms with Crippen LogP contribution < -0.4 is 15.4 Å². The molecule has 1 aliphatic heterocycles. The van der Waals surface area contributed by atoms with E-state index in [0.29, 0.717) is 29.5 Å². The molecule has 3 heterocycles. The van der Waals surface area contributed by atoms with Gasteiger partial charge in [0, 0.05) is 37.6 Å². The van der Waals surface area contributed by atoms with Gasteiger partial charge in [-0.3, -0.25) is 9.78 Å². The molecule has 1 fully saturated rings. The number of fused-ring (bicyclic) bond motifs is 1. The second kappa shape index (κ2) is 12.0. The number of carbonyl (C=O) groups excluding carboxylic acids is 1. The Morgan fingerprint density at radius 3 is 2.62 bits per heavy atom. The van der Waals surface area contributed by atoms with Crippen LogP contribution in [0.3, 0.4) is 0 Å². The Morgan fingerprint density at radius 1 is 1.02 bits per heavy atom. The Kier molecular flexibility index (Phi) is 8.20. The molecule has 1 aliphatic rings. The minimum absolute atomic E-state index is 0.255. The Hall–Kier alpha value is -4.12. The summed E-state index contributed by atoms with van der Waals surface area (Å²) in [5, 5.41) is 5.89. The van der Waals surface area contributed by atoms with Gasteiger partial charge < -0.3 is 24.8 Å². The van der Waals surface area contributed by atoms with Crippen LogP contribution >= 0.6 is 0 Å². The number of benzene rings is 2. The molecule has 4 aromatic rings. The number of likely N-dealkylation sites (tertiary alicyclic amines) is 1. The highest BCUT2D eigenvalue weighted by atomic mass is 19.4. The van der Waals surface area contributed by atoms with E-state index in [1.807, 2.05) is 6.07 Å². The molecule has 0 bridgehead atoms. The van der Waals surface area contributed by atoms with Crippen LogP contribution in [-0.4, -0.2) is 51.5 Å². The van der Waals surface area contributed by atoms with Gasteiger partial charge in [0.25, 0.3) is 5.91 Å². The fourth-order valence-corrected chi connectivity index (χ4v) is 4.77. The first-order chi connectivity index (χ1) is 19.3. The number of piperidine rings is 1. The van der Waals surface area contributed by atoms with Crippen LogP contribution in [0.15, 0.2) is 60.8 Å². The van der Waals surface area contributed by atoms with Gasteiger partial charge >= 0.3 is 6.18 Å². The van der Waals surface area contributed by atoms with E-state index in [1.54, 1.807) is 41.9 Å². The third-order valence-corrected chi connectivity index (χ3v) is 6.88. The molecule has 1 amide bonds. The molecule has 210 valence electrons. The van der Waals surface area contributed by atoms with Crippen LogP contribution in [0.25, 0.3) is 11.0 Å². The van der Waals surface area contributed by atoms with Crippen molar-refractivity contribution in [2.45, 2.75) is 31.9 Å². The Balaban J connectivity index is 1.22. The predicted molar refractivity (Wildman–Crippen MR) is 147 cm³/mol. The maximum atomic E-state index is 13.1. The number of pyridine rings is 1. The summed E-state index contributed by atoms with van der Waals surface area (Å²) in [4.78, 5) is 23.8. The smallest absolute Gasteiger partial charge is 0.416 e. The van der Waals surface area contributed by atoms with Crippen molar-refractivity contribution in [1.29, 1.82) is 0 Å². The number of rotatable bonds is 9. The zero-order chi connectivity index (χ0) is 28.1. The van der Waals surface area contributed by atoms with Crippen LogP contribution in [0.1, 0.15) is 41.7 Å². The van der Waals surface area contributed by atoms with Crippen LogP contribution in [0.5, 0.6) is 11.5 Å². The van der Waals surface area contributed by atoms with Crippen molar-refractivity contribution < 1.29 is 22.7 Å². The van der Waals surface area contributed by atoms with Crippen molar-refractivity contribution in [3.05, 3.63) is 72.1 Å². The van der Waals surface area contributed by atoms with Crippen LogP contribution in [0, 0.1) is 0 Å². The SMILES string of the molecule is Cn1c(Nc2cccc(C(F)(F)F)c2)nc2cc(Oc3ccnc(C(=O)NCCCN4CCCCC4)c3)ccc21. The number of nitrogens with one attached hydrogen (secondary N) is 2. The Labute approximate surface area is 230 Å². The average Bonchev–Trinajstić information content (AvgIpc) is 3.25. The molecule has 8 nitrogen and oxygen atoms in total. The van der Waals surface area contributed by atoms with Gasteiger partial charge in [0.1, 0.15) is 17.2 Å². The zero-order valence-corrected chi connectivity index (χ0v) is 22.2. The first kappa shape index (κ1) is 27.4. The number of carbonyl (C=O) groups is 1. The summed E-state index contributed by atoms with van der Waals surface area (Å²) in [5.41, 5.74) is 1.16. The summed E-state index contributed by atoms with van der Waals surface area (Å²) in [6.45, 7) is 3.82. The lowest BCUT2D eigenvalue weighted by molar-refractivity contribution is -0.137. The molecule has 0 atom stereocenters. The summed E-state index contributed by atoms with van der Waals surface area (Å²) in [6, 6.07) is 13.5. The van der Waals surface area contributed by atoms with Gasteiger partial charge in [-0.25, -0.2) is 4.98 Å². The summed E-state index contributed by atoms with van der Waals surface area (Å²) in [5.74, 6) is 1.07. The number of ether oxygens (including phenoxy) is 1. The van der Waals surface area contributed by atoms with E-state index in [2.05, 4.69) is 25.5 Å². The highest BCUT2D eigenvalue weighted by Gasteiger charge is 2.30. The van der Waals surface area contributed by atoms with Crippen LogP contribution in [0.4, 0.5) is 24.8 Å². The van der Waals surface area contributed by atoms with Gasteiger partial charge in [0.05, 0.1) is 16.6 Å². The molecule has 1 saturated heterocycles.